The van der Waals surface area contributed by atoms with Gasteiger partial charge in [-0.15, -0.1) is 0 Å². The molecule has 1 saturated heterocycles. The second-order valence-corrected chi connectivity index (χ2v) is 5.78. The van der Waals surface area contributed by atoms with Gasteiger partial charge in [-0.25, -0.2) is 0 Å². The van der Waals surface area contributed by atoms with Gasteiger partial charge in [0.15, 0.2) is 0 Å². The van der Waals surface area contributed by atoms with E-state index in [1.54, 1.807) is 0 Å². The molecule has 100 valence electrons. The predicted octanol–water partition coefficient (Wildman–Crippen LogP) is 2.79. The maximum Gasteiger partial charge on any atom is 0.142 e. The van der Waals surface area contributed by atoms with E-state index in [0.29, 0.717) is 0 Å². The molecule has 0 unspecified atom stereocenters. The van der Waals surface area contributed by atoms with Crippen LogP contribution >= 0.6 is 0 Å². The normalized spacial score (nSPS) is 19.1. The summed E-state index contributed by atoms with van der Waals surface area (Å²) in [4.78, 5) is 2.38. The summed E-state index contributed by atoms with van der Waals surface area (Å²) in [6.45, 7) is 8.27. The highest BCUT2D eigenvalue weighted by Crippen LogP contribution is 2.32. The molecule has 1 aliphatic rings. The zero-order valence-corrected chi connectivity index (χ0v) is 11.6. The Balaban J connectivity index is 2.13. The molecule has 0 atom stereocenters. The minimum atomic E-state index is -0.00957. The Bertz CT molecular complexity index is 391. The second-order valence-electron chi connectivity index (χ2n) is 5.78. The number of ether oxygens (including phenoxy) is 1. The van der Waals surface area contributed by atoms with E-state index in [0.717, 1.165) is 31.7 Å². The average Bonchev–Trinajstić information content (AvgIpc) is 2.29. The lowest BCUT2D eigenvalue weighted by molar-refractivity contribution is 0.242. The standard InChI is InChI=1S/C15H24N2O/c1-12(2)18-14-7-5-4-6-13(14)17-10-8-15(3,16)9-11-17/h4-7,12H,8-11,16H2,1-3H3. The molecule has 1 aromatic carbocycles. The first-order valence-corrected chi connectivity index (χ1v) is 6.77. The van der Waals surface area contributed by atoms with Gasteiger partial charge in [-0.3, -0.25) is 0 Å². The highest BCUT2D eigenvalue weighted by molar-refractivity contribution is 5.58. The van der Waals surface area contributed by atoms with Crippen LogP contribution in [0.25, 0.3) is 0 Å². The number of piperidine rings is 1. The van der Waals surface area contributed by atoms with Gasteiger partial charge in [0.2, 0.25) is 0 Å². The van der Waals surface area contributed by atoms with Crippen LogP contribution in [0.4, 0.5) is 5.69 Å². The van der Waals surface area contributed by atoms with E-state index in [9.17, 15) is 0 Å². The summed E-state index contributed by atoms with van der Waals surface area (Å²) in [5, 5.41) is 0. The fourth-order valence-electron chi connectivity index (χ4n) is 2.33. The molecule has 3 heteroatoms. The highest BCUT2D eigenvalue weighted by atomic mass is 16.5. The fourth-order valence-corrected chi connectivity index (χ4v) is 2.33. The number of rotatable bonds is 3. The number of para-hydroxylation sites is 2. The molecule has 0 radical (unpaired) electrons. The molecule has 2 rings (SSSR count). The second kappa shape index (κ2) is 5.19. The Morgan fingerprint density at radius 2 is 1.83 bits per heavy atom. The summed E-state index contributed by atoms with van der Waals surface area (Å²) in [6.07, 6.45) is 2.27. The van der Waals surface area contributed by atoms with Gasteiger partial charge in [-0.05, 0) is 45.7 Å². The first-order valence-electron chi connectivity index (χ1n) is 6.77. The lowest BCUT2D eigenvalue weighted by Gasteiger charge is -2.38. The number of hydrogen-bond acceptors (Lipinski definition) is 3. The van der Waals surface area contributed by atoms with Gasteiger partial charge < -0.3 is 15.4 Å². The zero-order valence-electron chi connectivity index (χ0n) is 11.6. The van der Waals surface area contributed by atoms with Gasteiger partial charge >= 0.3 is 0 Å². The molecule has 3 nitrogen and oxygen atoms in total. The third-order valence-corrected chi connectivity index (χ3v) is 3.47. The molecule has 0 aliphatic carbocycles. The predicted molar refractivity (Wildman–Crippen MR) is 76.2 cm³/mol. The molecule has 0 amide bonds. The van der Waals surface area contributed by atoms with Crippen molar-refractivity contribution in [2.24, 2.45) is 5.73 Å². The average molecular weight is 248 g/mol. The Morgan fingerprint density at radius 3 is 2.44 bits per heavy atom. The lowest BCUT2D eigenvalue weighted by atomic mass is 9.91. The molecule has 2 N–H and O–H groups in total. The molecule has 0 aromatic heterocycles. The van der Waals surface area contributed by atoms with Crippen molar-refractivity contribution in [1.82, 2.24) is 0 Å². The summed E-state index contributed by atoms with van der Waals surface area (Å²) in [7, 11) is 0. The van der Waals surface area contributed by atoms with Gasteiger partial charge in [0.25, 0.3) is 0 Å². The van der Waals surface area contributed by atoms with Crippen molar-refractivity contribution in [3.63, 3.8) is 0 Å². The molecule has 1 aliphatic heterocycles. The molecule has 0 spiro atoms. The Hall–Kier alpha value is -1.22. The highest BCUT2D eigenvalue weighted by Gasteiger charge is 2.27. The van der Waals surface area contributed by atoms with Crippen molar-refractivity contribution in [1.29, 1.82) is 0 Å². The first kappa shape index (κ1) is 13.2. The number of hydrogen-bond donors (Lipinski definition) is 1. The monoisotopic (exact) mass is 248 g/mol. The van der Waals surface area contributed by atoms with E-state index in [1.807, 2.05) is 12.1 Å². The van der Waals surface area contributed by atoms with Crippen molar-refractivity contribution in [2.75, 3.05) is 18.0 Å². The molecule has 0 bridgehead atoms. The maximum atomic E-state index is 6.18. The smallest absolute Gasteiger partial charge is 0.142 e. The van der Waals surface area contributed by atoms with Crippen LogP contribution < -0.4 is 15.4 Å². The number of benzene rings is 1. The van der Waals surface area contributed by atoms with Crippen LogP contribution in [0.3, 0.4) is 0 Å². The fraction of sp³-hybridized carbons (Fsp3) is 0.600. The van der Waals surface area contributed by atoms with E-state index in [2.05, 4.69) is 37.8 Å². The topological polar surface area (TPSA) is 38.5 Å². The van der Waals surface area contributed by atoms with E-state index in [-0.39, 0.29) is 11.6 Å². The Labute approximate surface area is 110 Å². The SMILES string of the molecule is CC(C)Oc1ccccc1N1CCC(C)(N)CC1. The molecular formula is C15H24N2O. The summed E-state index contributed by atoms with van der Waals surface area (Å²) in [5.41, 5.74) is 7.37. The van der Waals surface area contributed by atoms with Crippen LogP contribution in [0.5, 0.6) is 5.75 Å². The largest absolute Gasteiger partial charge is 0.489 e. The van der Waals surface area contributed by atoms with Crippen molar-refractivity contribution < 1.29 is 4.74 Å². The van der Waals surface area contributed by atoms with Gasteiger partial charge in [-0.2, -0.15) is 0 Å². The van der Waals surface area contributed by atoms with Crippen LogP contribution in [-0.2, 0) is 0 Å². The van der Waals surface area contributed by atoms with Crippen LogP contribution in [0.2, 0.25) is 0 Å². The van der Waals surface area contributed by atoms with Gasteiger partial charge in [0.1, 0.15) is 5.75 Å². The summed E-state index contributed by atoms with van der Waals surface area (Å²) in [6, 6.07) is 8.28. The van der Waals surface area contributed by atoms with Crippen LogP contribution in [0.15, 0.2) is 24.3 Å². The molecule has 1 fully saturated rings. The molecule has 0 saturated carbocycles. The van der Waals surface area contributed by atoms with Gasteiger partial charge in [-0.1, -0.05) is 12.1 Å². The van der Waals surface area contributed by atoms with Gasteiger partial charge in [0.05, 0.1) is 11.8 Å². The Kier molecular flexibility index (Phi) is 3.81. The van der Waals surface area contributed by atoms with Crippen LogP contribution in [0.1, 0.15) is 33.6 Å². The van der Waals surface area contributed by atoms with Crippen molar-refractivity contribution in [3.8, 4) is 5.75 Å². The van der Waals surface area contributed by atoms with Crippen LogP contribution in [0, 0.1) is 0 Å². The molecular weight excluding hydrogens is 224 g/mol. The number of nitrogens with two attached hydrogens (primary N) is 1. The summed E-state index contributed by atoms with van der Waals surface area (Å²) >= 11 is 0. The third kappa shape index (κ3) is 3.16. The van der Waals surface area contributed by atoms with Gasteiger partial charge in [0, 0.05) is 18.6 Å². The lowest BCUT2D eigenvalue weighted by Crippen LogP contribution is -2.48. The van der Waals surface area contributed by atoms with E-state index >= 15 is 0 Å². The van der Waals surface area contributed by atoms with Crippen molar-refractivity contribution in [2.45, 2.75) is 45.3 Å². The maximum absolute atomic E-state index is 6.18. The quantitative estimate of drug-likeness (QED) is 0.894. The minimum Gasteiger partial charge on any atom is -0.489 e. The van der Waals surface area contributed by atoms with E-state index in [1.165, 1.54) is 5.69 Å². The van der Waals surface area contributed by atoms with Crippen LogP contribution in [-0.4, -0.2) is 24.7 Å². The summed E-state index contributed by atoms with van der Waals surface area (Å²) in [5.74, 6) is 0.980. The van der Waals surface area contributed by atoms with E-state index in [4.69, 9.17) is 10.5 Å². The molecule has 1 heterocycles. The number of anilines is 1. The minimum absolute atomic E-state index is 0.00957. The van der Waals surface area contributed by atoms with Crippen molar-refractivity contribution >= 4 is 5.69 Å². The third-order valence-electron chi connectivity index (χ3n) is 3.47. The van der Waals surface area contributed by atoms with Crippen molar-refractivity contribution in [3.05, 3.63) is 24.3 Å². The Morgan fingerprint density at radius 1 is 1.22 bits per heavy atom. The summed E-state index contributed by atoms with van der Waals surface area (Å²) < 4.78 is 5.88. The number of nitrogens with zero attached hydrogens (tertiary/aromatic N) is 1. The zero-order chi connectivity index (χ0) is 13.2. The first-order chi connectivity index (χ1) is 8.48. The molecule has 1 aromatic rings. The van der Waals surface area contributed by atoms with E-state index < -0.39 is 0 Å². The molecule has 18 heavy (non-hydrogen) atoms.